The predicted molar refractivity (Wildman–Crippen MR) is 69.9 cm³/mol. The van der Waals surface area contributed by atoms with Crippen LogP contribution in [0.15, 0.2) is 35.2 Å². The van der Waals surface area contributed by atoms with Gasteiger partial charge in [-0.05, 0) is 25.0 Å². The van der Waals surface area contributed by atoms with Crippen molar-refractivity contribution in [1.29, 1.82) is 5.26 Å². The highest BCUT2D eigenvalue weighted by Gasteiger charge is 2.31. The van der Waals surface area contributed by atoms with Gasteiger partial charge < -0.3 is 4.90 Å². The number of carbonyl (C=O) groups excluding carboxylic acids is 1. The van der Waals surface area contributed by atoms with E-state index in [0.717, 1.165) is 6.42 Å². The lowest BCUT2D eigenvalue weighted by atomic mass is 10.1. The summed E-state index contributed by atoms with van der Waals surface area (Å²) in [6.07, 6.45) is 3.23. The minimum absolute atomic E-state index is 0.0105. The molecule has 1 aliphatic rings. The molecule has 0 N–H and O–H groups in total. The van der Waals surface area contributed by atoms with Crippen LogP contribution in [0, 0.1) is 11.5 Å². The smallest absolute Gasteiger partial charge is 0.297 e. The fourth-order valence-corrected chi connectivity index (χ4v) is 3.01. The topological polar surface area (TPSA) is 87.5 Å². The van der Waals surface area contributed by atoms with Crippen molar-refractivity contribution in [3.8, 4) is 6.19 Å². The third-order valence-electron chi connectivity index (χ3n) is 3.14. The number of carbonyl (C=O) groups is 1. The lowest BCUT2D eigenvalue weighted by molar-refractivity contribution is -0.124. The zero-order valence-electron chi connectivity index (χ0n) is 10.7. The van der Waals surface area contributed by atoms with Gasteiger partial charge in [-0.25, -0.2) is 0 Å². The maximum absolute atomic E-state index is 11.9. The van der Waals surface area contributed by atoms with E-state index in [0.29, 0.717) is 13.0 Å². The number of likely N-dealkylation sites (tertiary alicyclic amines) is 1. The highest BCUT2D eigenvalue weighted by atomic mass is 32.2. The minimum atomic E-state index is -3.93. The van der Waals surface area contributed by atoms with E-state index in [1.165, 1.54) is 17.0 Å². The highest BCUT2D eigenvalue weighted by Crippen LogP contribution is 2.18. The first-order chi connectivity index (χ1) is 9.54. The molecule has 0 saturated carbocycles. The number of hydrogen-bond acceptors (Lipinski definition) is 6. The second-order valence-electron chi connectivity index (χ2n) is 4.45. The van der Waals surface area contributed by atoms with E-state index in [1.54, 1.807) is 18.2 Å². The molecule has 20 heavy (non-hydrogen) atoms. The SMILES string of the molecule is N#CN1CCCC1C(=O)COS(=O)(=O)c1ccccc1. The molecule has 1 aliphatic heterocycles. The van der Waals surface area contributed by atoms with Crippen molar-refractivity contribution in [2.24, 2.45) is 0 Å². The Kier molecular flexibility index (Phi) is 4.37. The zero-order valence-corrected chi connectivity index (χ0v) is 11.5. The number of benzene rings is 1. The van der Waals surface area contributed by atoms with Crippen molar-refractivity contribution < 1.29 is 17.4 Å². The standard InChI is InChI=1S/C13H14N2O4S/c14-10-15-8-4-7-12(15)13(16)9-19-20(17,18)11-5-2-1-3-6-11/h1-3,5-6,12H,4,7-9H2. The van der Waals surface area contributed by atoms with E-state index < -0.39 is 22.8 Å². The first-order valence-corrected chi connectivity index (χ1v) is 7.59. The molecule has 0 spiro atoms. The van der Waals surface area contributed by atoms with Crippen molar-refractivity contribution in [3.63, 3.8) is 0 Å². The Morgan fingerprint density at radius 2 is 2.10 bits per heavy atom. The summed E-state index contributed by atoms with van der Waals surface area (Å²) in [6.45, 7) is -0.0155. The summed E-state index contributed by atoms with van der Waals surface area (Å²) < 4.78 is 28.5. The van der Waals surface area contributed by atoms with Crippen LogP contribution < -0.4 is 0 Å². The first kappa shape index (κ1) is 14.5. The molecular weight excluding hydrogens is 280 g/mol. The van der Waals surface area contributed by atoms with Crippen molar-refractivity contribution in [1.82, 2.24) is 4.90 Å². The van der Waals surface area contributed by atoms with Crippen molar-refractivity contribution >= 4 is 15.9 Å². The lowest BCUT2D eigenvalue weighted by Gasteiger charge is -2.16. The number of rotatable bonds is 5. The summed E-state index contributed by atoms with van der Waals surface area (Å²) in [4.78, 5) is 13.3. The Morgan fingerprint density at radius 1 is 1.40 bits per heavy atom. The van der Waals surface area contributed by atoms with Gasteiger partial charge in [0.05, 0.1) is 10.9 Å². The Labute approximate surface area is 117 Å². The van der Waals surface area contributed by atoms with Crippen molar-refractivity contribution in [2.45, 2.75) is 23.8 Å². The van der Waals surface area contributed by atoms with E-state index in [9.17, 15) is 13.2 Å². The van der Waals surface area contributed by atoms with Crippen LogP contribution in [0.1, 0.15) is 12.8 Å². The van der Waals surface area contributed by atoms with Crippen LogP contribution in [-0.2, 0) is 19.1 Å². The summed E-state index contributed by atoms with van der Waals surface area (Å²) in [7, 11) is -3.93. The molecule has 7 heteroatoms. The molecule has 1 fully saturated rings. The number of ketones is 1. The maximum Gasteiger partial charge on any atom is 0.297 e. The monoisotopic (exact) mass is 294 g/mol. The van der Waals surface area contributed by atoms with Crippen LogP contribution in [0.4, 0.5) is 0 Å². The van der Waals surface area contributed by atoms with Crippen LogP contribution in [0.25, 0.3) is 0 Å². The third-order valence-corrected chi connectivity index (χ3v) is 4.42. The van der Waals surface area contributed by atoms with Crippen LogP contribution in [0.3, 0.4) is 0 Å². The van der Waals surface area contributed by atoms with Gasteiger partial charge in [0, 0.05) is 6.54 Å². The molecule has 1 aromatic rings. The molecule has 1 aromatic carbocycles. The molecule has 0 amide bonds. The van der Waals surface area contributed by atoms with E-state index in [2.05, 4.69) is 0 Å². The first-order valence-electron chi connectivity index (χ1n) is 6.18. The molecule has 0 aromatic heterocycles. The Balaban J connectivity index is 1.99. The molecule has 1 unspecified atom stereocenters. The summed E-state index contributed by atoms with van der Waals surface area (Å²) in [5, 5.41) is 8.86. The van der Waals surface area contributed by atoms with Crippen molar-refractivity contribution in [3.05, 3.63) is 30.3 Å². The van der Waals surface area contributed by atoms with Gasteiger partial charge in [-0.15, -0.1) is 0 Å². The molecule has 1 saturated heterocycles. The number of nitrogens with zero attached hydrogens (tertiary/aromatic N) is 2. The number of Topliss-reactive ketones (excluding diaryl/α,β-unsaturated/α-hetero) is 1. The van der Waals surface area contributed by atoms with E-state index in [1.807, 2.05) is 6.19 Å². The molecule has 6 nitrogen and oxygen atoms in total. The fourth-order valence-electron chi connectivity index (χ4n) is 2.11. The molecule has 0 radical (unpaired) electrons. The van der Waals surface area contributed by atoms with Gasteiger partial charge in [0.1, 0.15) is 6.61 Å². The Morgan fingerprint density at radius 3 is 2.75 bits per heavy atom. The summed E-state index contributed by atoms with van der Waals surface area (Å²) >= 11 is 0. The highest BCUT2D eigenvalue weighted by molar-refractivity contribution is 7.86. The van der Waals surface area contributed by atoms with Gasteiger partial charge in [0.15, 0.2) is 12.0 Å². The van der Waals surface area contributed by atoms with Crippen LogP contribution in [0.5, 0.6) is 0 Å². The maximum atomic E-state index is 11.9. The Hall–Kier alpha value is -1.91. The predicted octanol–water partition coefficient (Wildman–Crippen LogP) is 0.906. The van der Waals surface area contributed by atoms with Gasteiger partial charge in [0.2, 0.25) is 0 Å². The molecule has 1 heterocycles. The zero-order chi connectivity index (χ0) is 14.6. The fraction of sp³-hybridized carbons (Fsp3) is 0.385. The van der Waals surface area contributed by atoms with E-state index in [-0.39, 0.29) is 10.7 Å². The molecule has 2 rings (SSSR count). The van der Waals surface area contributed by atoms with Gasteiger partial charge in [-0.3, -0.25) is 8.98 Å². The second kappa shape index (κ2) is 6.03. The normalized spacial score (nSPS) is 18.8. The molecule has 0 aliphatic carbocycles. The largest absolute Gasteiger partial charge is 0.300 e. The Bertz CT molecular complexity index is 622. The quantitative estimate of drug-likeness (QED) is 0.592. The summed E-state index contributed by atoms with van der Waals surface area (Å²) in [5.41, 5.74) is 0. The number of hydrogen-bond donors (Lipinski definition) is 0. The van der Waals surface area contributed by atoms with Crippen LogP contribution >= 0.6 is 0 Å². The summed E-state index contributed by atoms with van der Waals surface area (Å²) in [6, 6.07) is 7.08. The third kappa shape index (κ3) is 3.15. The van der Waals surface area contributed by atoms with E-state index in [4.69, 9.17) is 9.44 Å². The molecular formula is C13H14N2O4S. The van der Waals surface area contributed by atoms with Gasteiger partial charge in [-0.1, -0.05) is 18.2 Å². The average molecular weight is 294 g/mol. The number of nitriles is 1. The molecule has 1 atom stereocenters. The van der Waals surface area contributed by atoms with Crippen LogP contribution in [0.2, 0.25) is 0 Å². The molecule has 106 valence electrons. The van der Waals surface area contributed by atoms with E-state index >= 15 is 0 Å². The minimum Gasteiger partial charge on any atom is -0.300 e. The lowest BCUT2D eigenvalue weighted by Crippen LogP contribution is -2.35. The van der Waals surface area contributed by atoms with Gasteiger partial charge in [-0.2, -0.15) is 13.7 Å². The summed E-state index contributed by atoms with van der Waals surface area (Å²) in [5.74, 6) is -0.386. The average Bonchev–Trinajstić information content (AvgIpc) is 2.94. The van der Waals surface area contributed by atoms with Crippen molar-refractivity contribution in [2.75, 3.05) is 13.2 Å². The van der Waals surface area contributed by atoms with Gasteiger partial charge >= 0.3 is 0 Å². The van der Waals surface area contributed by atoms with Crippen LogP contribution in [-0.4, -0.2) is 38.3 Å². The second-order valence-corrected chi connectivity index (χ2v) is 6.06. The molecule has 0 bridgehead atoms. The van der Waals surface area contributed by atoms with Gasteiger partial charge in [0.25, 0.3) is 10.1 Å².